The van der Waals surface area contributed by atoms with Crippen molar-refractivity contribution in [2.45, 2.75) is 18.4 Å². The van der Waals surface area contributed by atoms with Crippen molar-refractivity contribution in [3.8, 4) is 0 Å². The zero-order valence-corrected chi connectivity index (χ0v) is 13.4. The molecule has 3 aromatic carbocycles. The Balaban J connectivity index is 2.08. The lowest BCUT2D eigenvalue weighted by atomic mass is 9.78. The third kappa shape index (κ3) is 2.28. The molecule has 0 saturated heterocycles. The van der Waals surface area contributed by atoms with Crippen molar-refractivity contribution in [3.05, 3.63) is 106 Å². The van der Waals surface area contributed by atoms with Crippen LogP contribution in [0.2, 0.25) is 5.02 Å². The Morgan fingerprint density at radius 2 is 1.30 bits per heavy atom. The molecular weight excluding hydrogens is 304 g/mol. The van der Waals surface area contributed by atoms with Crippen molar-refractivity contribution in [1.29, 1.82) is 0 Å². The number of halogens is 1. The van der Waals surface area contributed by atoms with Gasteiger partial charge in [0.2, 0.25) is 0 Å². The first-order valence-electron chi connectivity index (χ1n) is 7.85. The summed E-state index contributed by atoms with van der Waals surface area (Å²) in [6, 6.07) is 23.9. The molecule has 0 saturated carbocycles. The fourth-order valence-electron chi connectivity index (χ4n) is 3.62. The summed E-state index contributed by atoms with van der Waals surface area (Å²) in [5.41, 5.74) is 3.91. The lowest BCUT2D eigenvalue weighted by molar-refractivity contribution is 0.125. The molecule has 0 fully saturated rings. The van der Waals surface area contributed by atoms with Crippen LogP contribution in [0.25, 0.3) is 0 Å². The summed E-state index contributed by atoms with van der Waals surface area (Å²) in [7, 11) is 0. The molecular formula is C21H17ClO. The molecule has 1 N–H and O–H groups in total. The number of benzene rings is 3. The van der Waals surface area contributed by atoms with Gasteiger partial charge in [-0.1, -0.05) is 72.3 Å². The molecule has 0 amide bonds. The van der Waals surface area contributed by atoms with Gasteiger partial charge in [0.05, 0.1) is 0 Å². The molecule has 1 nitrogen and oxygen atoms in total. The minimum atomic E-state index is -1.17. The summed E-state index contributed by atoms with van der Waals surface area (Å²) in [5.74, 6) is 0. The maximum atomic E-state index is 11.9. The van der Waals surface area contributed by atoms with Crippen LogP contribution in [0.5, 0.6) is 0 Å². The third-order valence-electron chi connectivity index (χ3n) is 4.72. The fourth-order valence-corrected chi connectivity index (χ4v) is 3.81. The molecule has 114 valence electrons. The zero-order chi connectivity index (χ0) is 15.9. The third-order valence-corrected chi connectivity index (χ3v) is 4.96. The average Bonchev–Trinajstić information content (AvgIpc) is 2.72. The van der Waals surface area contributed by atoms with Crippen molar-refractivity contribution in [1.82, 2.24) is 0 Å². The molecule has 0 spiro atoms. The van der Waals surface area contributed by atoms with E-state index in [-0.39, 0.29) is 0 Å². The van der Waals surface area contributed by atoms with E-state index in [0.29, 0.717) is 5.02 Å². The molecule has 0 heterocycles. The minimum absolute atomic E-state index is 0.634. The van der Waals surface area contributed by atoms with Gasteiger partial charge in [-0.25, -0.2) is 0 Å². The molecule has 1 aliphatic carbocycles. The van der Waals surface area contributed by atoms with E-state index < -0.39 is 5.60 Å². The molecule has 4 rings (SSSR count). The van der Waals surface area contributed by atoms with E-state index in [1.54, 1.807) is 0 Å². The van der Waals surface area contributed by atoms with Crippen molar-refractivity contribution in [2.24, 2.45) is 0 Å². The van der Waals surface area contributed by atoms with Gasteiger partial charge in [0, 0.05) is 5.02 Å². The highest BCUT2D eigenvalue weighted by Gasteiger charge is 2.38. The minimum Gasteiger partial charge on any atom is -0.376 e. The Labute approximate surface area is 141 Å². The maximum absolute atomic E-state index is 11.9. The molecule has 0 aromatic heterocycles. The molecule has 1 aliphatic rings. The second-order valence-electron chi connectivity index (χ2n) is 6.04. The van der Waals surface area contributed by atoms with E-state index in [1.165, 1.54) is 11.1 Å². The largest absolute Gasteiger partial charge is 0.376 e. The molecule has 3 aromatic rings. The smallest absolute Gasteiger partial charge is 0.141 e. The van der Waals surface area contributed by atoms with Gasteiger partial charge in [0.25, 0.3) is 0 Å². The zero-order valence-electron chi connectivity index (χ0n) is 12.7. The Morgan fingerprint density at radius 3 is 1.87 bits per heavy atom. The number of hydrogen-bond acceptors (Lipinski definition) is 1. The topological polar surface area (TPSA) is 20.2 Å². The van der Waals surface area contributed by atoms with E-state index >= 15 is 0 Å². The lowest BCUT2D eigenvalue weighted by Gasteiger charge is -2.31. The molecule has 0 unspecified atom stereocenters. The van der Waals surface area contributed by atoms with Gasteiger partial charge in [-0.05, 0) is 52.8 Å². The highest BCUT2D eigenvalue weighted by molar-refractivity contribution is 6.30. The Hall–Kier alpha value is -2.09. The van der Waals surface area contributed by atoms with E-state index in [2.05, 4.69) is 12.1 Å². The lowest BCUT2D eigenvalue weighted by Crippen LogP contribution is -2.30. The van der Waals surface area contributed by atoms with Gasteiger partial charge < -0.3 is 5.11 Å². The quantitative estimate of drug-likeness (QED) is 0.687. The summed E-state index contributed by atoms with van der Waals surface area (Å²) < 4.78 is 0. The van der Waals surface area contributed by atoms with Crippen molar-refractivity contribution >= 4 is 11.6 Å². The predicted octanol–water partition coefficient (Wildman–Crippen LogP) is 4.72. The molecule has 2 heteroatoms. The standard InChI is InChI=1S/C21H17ClO/c22-18-9-5-8-17(14-18)21(23)19-10-3-1-6-15(19)12-13-16-7-2-4-11-20(16)21/h1-11,14,23H,12-13H2. The van der Waals surface area contributed by atoms with Crippen LogP contribution in [0.3, 0.4) is 0 Å². The van der Waals surface area contributed by atoms with Gasteiger partial charge in [-0.15, -0.1) is 0 Å². The molecule has 0 atom stereocenters. The average molecular weight is 321 g/mol. The Bertz CT molecular complexity index is 821. The second kappa shape index (κ2) is 5.52. The molecule has 0 bridgehead atoms. The van der Waals surface area contributed by atoms with Crippen LogP contribution >= 0.6 is 11.6 Å². The van der Waals surface area contributed by atoms with E-state index in [0.717, 1.165) is 29.5 Å². The van der Waals surface area contributed by atoms with Crippen molar-refractivity contribution < 1.29 is 5.11 Å². The van der Waals surface area contributed by atoms with Crippen LogP contribution in [0.4, 0.5) is 0 Å². The SMILES string of the molecule is OC1(c2cccc(Cl)c2)c2ccccc2CCc2ccccc21. The summed E-state index contributed by atoms with van der Waals surface area (Å²) in [4.78, 5) is 0. The van der Waals surface area contributed by atoms with Gasteiger partial charge in [-0.3, -0.25) is 0 Å². The monoisotopic (exact) mass is 320 g/mol. The van der Waals surface area contributed by atoms with Crippen LogP contribution in [0.15, 0.2) is 72.8 Å². The first kappa shape index (κ1) is 14.5. The summed E-state index contributed by atoms with van der Waals surface area (Å²) in [5, 5.41) is 12.5. The molecule has 23 heavy (non-hydrogen) atoms. The maximum Gasteiger partial charge on any atom is 0.141 e. The fraction of sp³-hybridized carbons (Fsp3) is 0.143. The molecule has 0 radical (unpaired) electrons. The summed E-state index contributed by atoms with van der Waals surface area (Å²) in [6.07, 6.45) is 1.85. The first-order chi connectivity index (χ1) is 11.2. The Morgan fingerprint density at radius 1 is 0.739 bits per heavy atom. The summed E-state index contributed by atoms with van der Waals surface area (Å²) >= 11 is 6.21. The van der Waals surface area contributed by atoms with Crippen LogP contribution in [-0.2, 0) is 18.4 Å². The van der Waals surface area contributed by atoms with Gasteiger partial charge in [0.15, 0.2) is 0 Å². The van der Waals surface area contributed by atoms with Crippen molar-refractivity contribution in [2.75, 3.05) is 0 Å². The van der Waals surface area contributed by atoms with Gasteiger partial charge >= 0.3 is 0 Å². The van der Waals surface area contributed by atoms with Crippen LogP contribution < -0.4 is 0 Å². The van der Waals surface area contributed by atoms with Gasteiger partial charge in [-0.2, -0.15) is 0 Å². The number of hydrogen-bond donors (Lipinski definition) is 1. The van der Waals surface area contributed by atoms with Crippen LogP contribution in [0.1, 0.15) is 27.8 Å². The van der Waals surface area contributed by atoms with Crippen LogP contribution in [-0.4, -0.2) is 5.11 Å². The van der Waals surface area contributed by atoms with Crippen molar-refractivity contribution in [3.63, 3.8) is 0 Å². The summed E-state index contributed by atoms with van der Waals surface area (Å²) in [6.45, 7) is 0. The van der Waals surface area contributed by atoms with E-state index in [1.807, 2.05) is 60.7 Å². The Kier molecular flexibility index (Phi) is 3.48. The number of rotatable bonds is 1. The number of aliphatic hydroxyl groups is 1. The first-order valence-corrected chi connectivity index (χ1v) is 8.22. The normalized spacial score (nSPS) is 15.4. The predicted molar refractivity (Wildman–Crippen MR) is 93.8 cm³/mol. The highest BCUT2D eigenvalue weighted by Crippen LogP contribution is 2.42. The second-order valence-corrected chi connectivity index (χ2v) is 6.47. The number of fused-ring (bicyclic) bond motifs is 2. The molecule has 0 aliphatic heterocycles. The number of aryl methyl sites for hydroxylation is 2. The van der Waals surface area contributed by atoms with Crippen LogP contribution in [0, 0.1) is 0 Å². The van der Waals surface area contributed by atoms with E-state index in [4.69, 9.17) is 11.6 Å². The van der Waals surface area contributed by atoms with E-state index in [9.17, 15) is 5.11 Å². The highest BCUT2D eigenvalue weighted by atomic mass is 35.5. The van der Waals surface area contributed by atoms with Gasteiger partial charge in [0.1, 0.15) is 5.60 Å².